The van der Waals surface area contributed by atoms with Gasteiger partial charge >= 0.3 is 0 Å². The molecule has 1 aliphatic rings. The zero-order chi connectivity index (χ0) is 16.2. The zero-order valence-corrected chi connectivity index (χ0v) is 13.1. The lowest BCUT2D eigenvalue weighted by Crippen LogP contribution is -2.34. The number of nitrogens with one attached hydrogen (secondary N) is 3. The number of fused-ring (bicyclic) bond motifs is 1. The average molecular weight is 325 g/mol. The molecule has 1 aliphatic heterocycles. The second kappa shape index (κ2) is 6.58. The lowest BCUT2D eigenvalue weighted by atomic mass is 10.0. The number of benzene rings is 2. The molecule has 6 heteroatoms. The van der Waals surface area contributed by atoms with Gasteiger partial charge in [0, 0.05) is 23.4 Å². The fourth-order valence-electron chi connectivity index (χ4n) is 2.39. The highest BCUT2D eigenvalue weighted by Gasteiger charge is 2.15. The summed E-state index contributed by atoms with van der Waals surface area (Å²) in [5.74, 6) is -0.225. The number of thiocarbonyl (C=S) groups is 1. The monoisotopic (exact) mass is 325 g/mol. The van der Waals surface area contributed by atoms with Gasteiger partial charge in [-0.15, -0.1) is 0 Å². The fraction of sp³-hybridized carbons (Fsp3) is 0.118. The molecule has 2 aromatic rings. The first-order valence-corrected chi connectivity index (χ1v) is 7.63. The summed E-state index contributed by atoms with van der Waals surface area (Å²) >= 11 is 5.17. The summed E-state index contributed by atoms with van der Waals surface area (Å²) in [6.45, 7) is 0. The van der Waals surface area contributed by atoms with Crippen LogP contribution < -0.4 is 16.0 Å². The molecule has 5 nitrogen and oxygen atoms in total. The van der Waals surface area contributed by atoms with Crippen molar-refractivity contribution in [3.63, 3.8) is 0 Å². The van der Waals surface area contributed by atoms with E-state index in [-0.39, 0.29) is 16.9 Å². The molecule has 0 bridgehead atoms. The summed E-state index contributed by atoms with van der Waals surface area (Å²) in [7, 11) is 0. The number of rotatable bonds is 2. The summed E-state index contributed by atoms with van der Waals surface area (Å²) in [5, 5.41) is 8.69. The van der Waals surface area contributed by atoms with E-state index in [0.29, 0.717) is 18.4 Å². The van der Waals surface area contributed by atoms with Gasteiger partial charge in [0.25, 0.3) is 5.91 Å². The van der Waals surface area contributed by atoms with Crippen LogP contribution in [-0.4, -0.2) is 16.9 Å². The molecule has 0 aromatic heterocycles. The Morgan fingerprint density at radius 1 is 1.09 bits per heavy atom. The number of carbonyl (C=O) groups excluding carboxylic acids is 2. The molecule has 2 aromatic carbocycles. The number of amides is 2. The van der Waals surface area contributed by atoms with Crippen LogP contribution in [0, 0.1) is 0 Å². The maximum Gasteiger partial charge on any atom is 0.257 e. The summed E-state index contributed by atoms with van der Waals surface area (Å²) in [6, 6.07) is 14.4. The molecule has 1 heterocycles. The van der Waals surface area contributed by atoms with Gasteiger partial charge in [-0.1, -0.05) is 18.2 Å². The number of hydrogen-bond donors (Lipinski definition) is 3. The molecule has 0 saturated carbocycles. The van der Waals surface area contributed by atoms with Crippen molar-refractivity contribution in [2.24, 2.45) is 0 Å². The topological polar surface area (TPSA) is 70.2 Å². The van der Waals surface area contributed by atoms with E-state index in [4.69, 9.17) is 12.2 Å². The predicted molar refractivity (Wildman–Crippen MR) is 93.5 cm³/mol. The molecule has 3 N–H and O–H groups in total. The molecule has 0 atom stereocenters. The van der Waals surface area contributed by atoms with Crippen LogP contribution in [0.5, 0.6) is 0 Å². The van der Waals surface area contributed by atoms with Crippen LogP contribution in [0.25, 0.3) is 0 Å². The molecule has 0 aliphatic carbocycles. The lowest BCUT2D eigenvalue weighted by molar-refractivity contribution is -0.116. The van der Waals surface area contributed by atoms with Gasteiger partial charge in [-0.2, -0.15) is 0 Å². The van der Waals surface area contributed by atoms with Crippen LogP contribution in [0.2, 0.25) is 0 Å². The van der Waals surface area contributed by atoms with E-state index in [1.54, 1.807) is 24.3 Å². The molecule has 0 spiro atoms. The normalized spacial score (nSPS) is 12.8. The van der Waals surface area contributed by atoms with Crippen molar-refractivity contribution in [3.05, 3.63) is 59.7 Å². The fourth-order valence-corrected chi connectivity index (χ4v) is 2.60. The number of aryl methyl sites for hydroxylation is 1. The van der Waals surface area contributed by atoms with Gasteiger partial charge in [-0.05, 0) is 54.5 Å². The Morgan fingerprint density at radius 3 is 2.65 bits per heavy atom. The van der Waals surface area contributed by atoms with E-state index in [9.17, 15) is 9.59 Å². The molecule has 116 valence electrons. The van der Waals surface area contributed by atoms with E-state index < -0.39 is 0 Å². The van der Waals surface area contributed by atoms with Crippen molar-refractivity contribution in [2.45, 2.75) is 12.8 Å². The second-order valence-electron chi connectivity index (χ2n) is 5.19. The second-order valence-corrected chi connectivity index (χ2v) is 5.60. The Hall–Kier alpha value is -2.73. The van der Waals surface area contributed by atoms with E-state index in [1.165, 1.54) is 0 Å². The van der Waals surface area contributed by atoms with E-state index in [2.05, 4.69) is 16.0 Å². The van der Waals surface area contributed by atoms with Gasteiger partial charge in [-0.3, -0.25) is 14.9 Å². The third-order valence-electron chi connectivity index (χ3n) is 3.52. The molecule has 0 radical (unpaired) electrons. The minimum Gasteiger partial charge on any atom is -0.332 e. The highest BCUT2D eigenvalue weighted by Crippen LogP contribution is 2.25. The Bertz CT molecular complexity index is 775. The zero-order valence-electron chi connectivity index (χ0n) is 12.3. The highest BCUT2D eigenvalue weighted by atomic mass is 32.1. The summed E-state index contributed by atoms with van der Waals surface area (Å²) in [4.78, 5) is 23.4. The Balaban J connectivity index is 1.64. The Kier molecular flexibility index (Phi) is 4.34. The van der Waals surface area contributed by atoms with Gasteiger partial charge < -0.3 is 10.6 Å². The van der Waals surface area contributed by atoms with E-state index in [1.807, 2.05) is 24.3 Å². The molecule has 0 saturated heterocycles. The van der Waals surface area contributed by atoms with Crippen LogP contribution >= 0.6 is 12.2 Å². The van der Waals surface area contributed by atoms with Crippen molar-refractivity contribution in [2.75, 3.05) is 10.6 Å². The van der Waals surface area contributed by atoms with Gasteiger partial charge in [0.15, 0.2) is 5.11 Å². The number of anilines is 2. The molecule has 3 rings (SSSR count). The van der Waals surface area contributed by atoms with Crippen molar-refractivity contribution in [3.8, 4) is 0 Å². The predicted octanol–water partition coefficient (Wildman–Crippen LogP) is 2.70. The third-order valence-corrected chi connectivity index (χ3v) is 3.73. The largest absolute Gasteiger partial charge is 0.332 e. The first kappa shape index (κ1) is 15.2. The molecule has 2 amide bonds. The first-order valence-electron chi connectivity index (χ1n) is 7.22. The van der Waals surface area contributed by atoms with Gasteiger partial charge in [0.1, 0.15) is 0 Å². The SMILES string of the molecule is O=C1CCc2cc(NC(=S)NC(=O)c3ccccc3)ccc2N1. The van der Waals surface area contributed by atoms with Crippen LogP contribution in [0.15, 0.2) is 48.5 Å². The smallest absolute Gasteiger partial charge is 0.257 e. The molecule has 23 heavy (non-hydrogen) atoms. The minimum absolute atomic E-state index is 0.0313. The van der Waals surface area contributed by atoms with E-state index in [0.717, 1.165) is 16.9 Å². The maximum absolute atomic E-state index is 12.0. The van der Waals surface area contributed by atoms with Gasteiger partial charge in [0.05, 0.1) is 0 Å². The quantitative estimate of drug-likeness (QED) is 0.743. The number of hydrogen-bond acceptors (Lipinski definition) is 3. The maximum atomic E-state index is 12.0. The van der Waals surface area contributed by atoms with Crippen LogP contribution in [0.3, 0.4) is 0 Å². The van der Waals surface area contributed by atoms with Gasteiger partial charge in [-0.25, -0.2) is 0 Å². The van der Waals surface area contributed by atoms with E-state index >= 15 is 0 Å². The molecular formula is C17H15N3O2S. The Labute approximate surface area is 139 Å². The molecule has 0 fully saturated rings. The average Bonchev–Trinajstić information content (AvgIpc) is 2.55. The minimum atomic E-state index is -0.256. The Morgan fingerprint density at radius 2 is 1.87 bits per heavy atom. The summed E-state index contributed by atoms with van der Waals surface area (Å²) < 4.78 is 0. The standard InChI is InChI=1S/C17H15N3O2S/c21-15-9-6-12-10-13(7-8-14(12)19-15)18-17(23)20-16(22)11-4-2-1-3-5-11/h1-5,7-8,10H,6,9H2,(H,19,21)(H2,18,20,22,23). The van der Waals surface area contributed by atoms with Crippen molar-refractivity contribution >= 4 is 40.5 Å². The lowest BCUT2D eigenvalue weighted by Gasteiger charge is -2.18. The highest BCUT2D eigenvalue weighted by molar-refractivity contribution is 7.80. The van der Waals surface area contributed by atoms with Gasteiger partial charge in [0.2, 0.25) is 5.91 Å². The third kappa shape index (κ3) is 3.73. The van der Waals surface area contributed by atoms with Crippen molar-refractivity contribution < 1.29 is 9.59 Å². The summed E-state index contributed by atoms with van der Waals surface area (Å²) in [6.07, 6.45) is 1.17. The molecular weight excluding hydrogens is 310 g/mol. The van der Waals surface area contributed by atoms with Crippen LogP contribution in [0.1, 0.15) is 22.3 Å². The van der Waals surface area contributed by atoms with Crippen LogP contribution in [0.4, 0.5) is 11.4 Å². The van der Waals surface area contributed by atoms with Crippen molar-refractivity contribution in [1.29, 1.82) is 0 Å². The van der Waals surface area contributed by atoms with Crippen molar-refractivity contribution in [1.82, 2.24) is 5.32 Å². The van der Waals surface area contributed by atoms with Crippen LogP contribution in [-0.2, 0) is 11.2 Å². The number of carbonyl (C=O) groups is 2. The summed E-state index contributed by atoms with van der Waals surface area (Å²) in [5.41, 5.74) is 3.20. The first-order chi connectivity index (χ1) is 11.1. The molecule has 0 unspecified atom stereocenters.